The number of hydrogen-bond donors (Lipinski definition) is 1. The Balaban J connectivity index is 1.62. The van der Waals surface area contributed by atoms with E-state index in [9.17, 15) is 4.79 Å². The maximum Gasteiger partial charge on any atom is 0.251 e. The van der Waals surface area contributed by atoms with Gasteiger partial charge in [0.1, 0.15) is 5.75 Å². The molecule has 19 heavy (non-hydrogen) atoms. The molecular formula is C15H19NO3. The monoisotopic (exact) mass is 261 g/mol. The van der Waals surface area contributed by atoms with Gasteiger partial charge >= 0.3 is 0 Å². The van der Waals surface area contributed by atoms with Crippen molar-refractivity contribution in [3.05, 3.63) is 29.3 Å². The molecule has 0 aromatic heterocycles. The highest BCUT2D eigenvalue weighted by Gasteiger charge is 2.18. The molecule has 0 aliphatic carbocycles. The Morgan fingerprint density at radius 1 is 1.37 bits per heavy atom. The molecule has 4 nitrogen and oxygen atoms in total. The van der Waals surface area contributed by atoms with Crippen LogP contribution in [0.3, 0.4) is 0 Å². The lowest BCUT2D eigenvalue weighted by molar-refractivity contribution is 0.0945. The van der Waals surface area contributed by atoms with Crippen LogP contribution in [0.5, 0.6) is 5.75 Å². The molecule has 1 fully saturated rings. The van der Waals surface area contributed by atoms with Gasteiger partial charge in [-0.15, -0.1) is 0 Å². The quantitative estimate of drug-likeness (QED) is 0.902. The van der Waals surface area contributed by atoms with Crippen LogP contribution in [0.1, 0.15) is 28.8 Å². The van der Waals surface area contributed by atoms with Crippen LogP contribution < -0.4 is 10.1 Å². The molecule has 1 N–H and O–H groups in total. The Morgan fingerprint density at radius 2 is 2.32 bits per heavy atom. The number of hydrogen-bond acceptors (Lipinski definition) is 3. The number of fused-ring (bicyclic) bond motifs is 1. The number of ether oxygens (including phenoxy) is 2. The largest absolute Gasteiger partial charge is 0.493 e. The average Bonchev–Trinajstić information content (AvgIpc) is 2.97. The second-order valence-electron chi connectivity index (χ2n) is 5.21. The SMILES string of the molecule is O=C(NC[C@@H]1CCOC1)c1ccc2c(c1)CCCO2. The van der Waals surface area contributed by atoms with E-state index < -0.39 is 0 Å². The number of carbonyl (C=O) groups excluding carboxylic acids is 1. The fraction of sp³-hybridized carbons (Fsp3) is 0.533. The summed E-state index contributed by atoms with van der Waals surface area (Å²) in [4.78, 5) is 12.1. The Hall–Kier alpha value is -1.55. The molecular weight excluding hydrogens is 242 g/mol. The van der Waals surface area contributed by atoms with Gasteiger partial charge in [-0.25, -0.2) is 0 Å². The van der Waals surface area contributed by atoms with Gasteiger partial charge in [-0.05, 0) is 43.0 Å². The summed E-state index contributed by atoms with van der Waals surface area (Å²) in [5.74, 6) is 1.39. The third kappa shape index (κ3) is 2.89. The summed E-state index contributed by atoms with van der Waals surface area (Å²) in [5.41, 5.74) is 1.87. The van der Waals surface area contributed by atoms with E-state index in [1.807, 2.05) is 18.2 Å². The molecule has 2 aliphatic heterocycles. The maximum absolute atomic E-state index is 12.1. The van der Waals surface area contributed by atoms with Crippen LogP contribution in [-0.4, -0.2) is 32.3 Å². The highest BCUT2D eigenvalue weighted by Crippen LogP contribution is 2.25. The van der Waals surface area contributed by atoms with Gasteiger partial charge in [-0.3, -0.25) is 4.79 Å². The van der Waals surface area contributed by atoms with Gasteiger partial charge in [0.2, 0.25) is 0 Å². The molecule has 0 spiro atoms. The van der Waals surface area contributed by atoms with Gasteiger partial charge in [0, 0.05) is 24.6 Å². The van der Waals surface area contributed by atoms with Crippen LogP contribution in [0, 0.1) is 5.92 Å². The Labute approximate surface area is 113 Å². The first-order chi connectivity index (χ1) is 9.33. The smallest absolute Gasteiger partial charge is 0.251 e. The molecule has 3 rings (SSSR count). The van der Waals surface area contributed by atoms with E-state index in [1.54, 1.807) is 0 Å². The topological polar surface area (TPSA) is 47.6 Å². The van der Waals surface area contributed by atoms with E-state index in [2.05, 4.69) is 5.32 Å². The minimum Gasteiger partial charge on any atom is -0.493 e. The molecule has 1 saturated heterocycles. The van der Waals surface area contributed by atoms with E-state index in [0.29, 0.717) is 12.5 Å². The Bertz CT molecular complexity index is 466. The number of carbonyl (C=O) groups is 1. The molecule has 1 amide bonds. The lowest BCUT2D eigenvalue weighted by atomic mass is 10.0. The third-order valence-corrected chi connectivity index (χ3v) is 3.75. The van der Waals surface area contributed by atoms with Gasteiger partial charge < -0.3 is 14.8 Å². The van der Waals surface area contributed by atoms with Crippen molar-refractivity contribution in [3.8, 4) is 5.75 Å². The van der Waals surface area contributed by atoms with Crippen molar-refractivity contribution in [2.45, 2.75) is 19.3 Å². The third-order valence-electron chi connectivity index (χ3n) is 3.75. The second-order valence-corrected chi connectivity index (χ2v) is 5.21. The molecule has 102 valence electrons. The molecule has 2 aliphatic rings. The van der Waals surface area contributed by atoms with Crippen molar-refractivity contribution in [1.29, 1.82) is 0 Å². The van der Waals surface area contributed by atoms with Gasteiger partial charge in [0.25, 0.3) is 5.91 Å². The first-order valence-corrected chi connectivity index (χ1v) is 6.94. The first-order valence-electron chi connectivity index (χ1n) is 6.94. The Kier molecular flexibility index (Phi) is 3.69. The summed E-state index contributed by atoms with van der Waals surface area (Å²) in [6.45, 7) is 3.06. The summed E-state index contributed by atoms with van der Waals surface area (Å²) in [5, 5.41) is 2.99. The van der Waals surface area contributed by atoms with Crippen LogP contribution in [0.15, 0.2) is 18.2 Å². The number of rotatable bonds is 3. The molecule has 0 radical (unpaired) electrons. The van der Waals surface area contributed by atoms with Crippen LogP contribution in [0.4, 0.5) is 0 Å². The van der Waals surface area contributed by atoms with E-state index >= 15 is 0 Å². The number of aryl methyl sites for hydroxylation is 1. The average molecular weight is 261 g/mol. The maximum atomic E-state index is 12.1. The molecule has 1 aromatic rings. The lowest BCUT2D eigenvalue weighted by Gasteiger charge is -2.18. The van der Waals surface area contributed by atoms with E-state index in [4.69, 9.17) is 9.47 Å². The summed E-state index contributed by atoms with van der Waals surface area (Å²) >= 11 is 0. The van der Waals surface area contributed by atoms with Crippen molar-refractivity contribution in [3.63, 3.8) is 0 Å². The molecule has 1 atom stereocenters. The van der Waals surface area contributed by atoms with Crippen LogP contribution in [-0.2, 0) is 11.2 Å². The minimum absolute atomic E-state index is 0.000253. The molecule has 2 heterocycles. The molecule has 0 unspecified atom stereocenters. The summed E-state index contributed by atoms with van der Waals surface area (Å²) in [7, 11) is 0. The summed E-state index contributed by atoms with van der Waals surface area (Å²) < 4.78 is 10.9. The van der Waals surface area contributed by atoms with Crippen molar-refractivity contribution in [1.82, 2.24) is 5.32 Å². The standard InChI is InChI=1S/C15H19NO3/c17-15(16-9-11-5-7-18-10-11)13-3-4-14-12(8-13)2-1-6-19-14/h3-4,8,11H,1-2,5-7,9-10H2,(H,16,17)/t11-/m0/s1. The van der Waals surface area contributed by atoms with E-state index in [0.717, 1.165) is 56.0 Å². The fourth-order valence-corrected chi connectivity index (χ4v) is 2.59. The van der Waals surface area contributed by atoms with Crippen molar-refractivity contribution >= 4 is 5.91 Å². The highest BCUT2D eigenvalue weighted by atomic mass is 16.5. The highest BCUT2D eigenvalue weighted by molar-refractivity contribution is 5.94. The molecule has 0 saturated carbocycles. The molecule has 0 bridgehead atoms. The predicted molar refractivity (Wildman–Crippen MR) is 71.5 cm³/mol. The number of amides is 1. The molecule has 4 heteroatoms. The van der Waals surface area contributed by atoms with Gasteiger partial charge in [-0.2, -0.15) is 0 Å². The van der Waals surface area contributed by atoms with Gasteiger partial charge in [-0.1, -0.05) is 0 Å². The zero-order chi connectivity index (χ0) is 13.1. The number of benzene rings is 1. The lowest BCUT2D eigenvalue weighted by Crippen LogP contribution is -2.29. The second kappa shape index (κ2) is 5.61. The fourth-order valence-electron chi connectivity index (χ4n) is 2.59. The van der Waals surface area contributed by atoms with Crippen molar-refractivity contribution in [2.24, 2.45) is 5.92 Å². The van der Waals surface area contributed by atoms with Gasteiger partial charge in [0.05, 0.1) is 13.2 Å². The van der Waals surface area contributed by atoms with Crippen LogP contribution >= 0.6 is 0 Å². The molecule has 1 aromatic carbocycles. The van der Waals surface area contributed by atoms with Crippen LogP contribution in [0.2, 0.25) is 0 Å². The summed E-state index contributed by atoms with van der Waals surface area (Å²) in [6, 6.07) is 5.70. The number of nitrogens with one attached hydrogen (secondary N) is 1. The van der Waals surface area contributed by atoms with Crippen molar-refractivity contribution in [2.75, 3.05) is 26.4 Å². The normalized spacial score (nSPS) is 21.6. The minimum atomic E-state index is 0.000253. The zero-order valence-corrected chi connectivity index (χ0v) is 11.0. The van der Waals surface area contributed by atoms with Crippen LogP contribution in [0.25, 0.3) is 0 Å². The van der Waals surface area contributed by atoms with Gasteiger partial charge in [0.15, 0.2) is 0 Å². The predicted octanol–water partition coefficient (Wildman–Crippen LogP) is 1.78. The first kappa shape index (κ1) is 12.5. The van der Waals surface area contributed by atoms with E-state index in [-0.39, 0.29) is 5.91 Å². The summed E-state index contributed by atoms with van der Waals surface area (Å²) in [6.07, 6.45) is 3.06. The van der Waals surface area contributed by atoms with E-state index in [1.165, 1.54) is 0 Å². The Morgan fingerprint density at radius 3 is 3.16 bits per heavy atom. The van der Waals surface area contributed by atoms with Crippen molar-refractivity contribution < 1.29 is 14.3 Å². The zero-order valence-electron chi connectivity index (χ0n) is 11.0.